The number of nitrogens with one attached hydrogen (secondary N) is 1. The summed E-state index contributed by atoms with van der Waals surface area (Å²) < 4.78 is 37.6. The van der Waals surface area contributed by atoms with E-state index in [-0.39, 0.29) is 18.4 Å². The highest BCUT2D eigenvalue weighted by atomic mass is 19.4. The van der Waals surface area contributed by atoms with E-state index in [1.807, 2.05) is 6.92 Å². The lowest BCUT2D eigenvalue weighted by atomic mass is 9.81. The average molecular weight is 238 g/mol. The van der Waals surface area contributed by atoms with Crippen molar-refractivity contribution in [2.45, 2.75) is 44.8 Å². The van der Waals surface area contributed by atoms with Gasteiger partial charge >= 0.3 is 6.18 Å². The smallest absolute Gasteiger partial charge is 0.329 e. The van der Waals surface area contributed by atoms with Gasteiger partial charge in [0, 0.05) is 12.6 Å². The molecule has 5 heteroatoms. The molecular formula is C11H21F3N2. The summed E-state index contributed by atoms with van der Waals surface area (Å²) in [6.07, 6.45) is -1.86. The van der Waals surface area contributed by atoms with Gasteiger partial charge in [0.1, 0.15) is 0 Å². The lowest BCUT2D eigenvalue weighted by Gasteiger charge is -2.31. The Kier molecular flexibility index (Phi) is 5.05. The van der Waals surface area contributed by atoms with Crippen molar-refractivity contribution in [3.8, 4) is 0 Å². The van der Waals surface area contributed by atoms with Gasteiger partial charge in [0.15, 0.2) is 0 Å². The molecule has 0 bridgehead atoms. The minimum Gasteiger partial charge on any atom is -0.329 e. The summed E-state index contributed by atoms with van der Waals surface area (Å²) >= 11 is 0. The van der Waals surface area contributed by atoms with Crippen LogP contribution in [-0.4, -0.2) is 25.3 Å². The Hall–Kier alpha value is -0.290. The lowest BCUT2D eigenvalue weighted by molar-refractivity contribution is -0.185. The Bertz CT molecular complexity index is 206. The SMILES string of the molecule is CC(CN)NCC1CCCC(C(F)(F)F)C1. The number of alkyl halides is 3. The van der Waals surface area contributed by atoms with Gasteiger partial charge in [-0.1, -0.05) is 6.42 Å². The Morgan fingerprint density at radius 3 is 2.62 bits per heavy atom. The predicted molar refractivity (Wildman–Crippen MR) is 58.0 cm³/mol. The molecule has 0 aromatic rings. The summed E-state index contributed by atoms with van der Waals surface area (Å²) in [5.74, 6) is -0.949. The van der Waals surface area contributed by atoms with Crippen LogP contribution in [0.1, 0.15) is 32.6 Å². The third-order valence-corrected chi connectivity index (χ3v) is 3.35. The number of rotatable bonds is 4. The maximum absolute atomic E-state index is 12.5. The zero-order valence-electron chi connectivity index (χ0n) is 9.69. The normalized spacial score (nSPS) is 29.1. The summed E-state index contributed by atoms with van der Waals surface area (Å²) in [4.78, 5) is 0. The molecule has 3 N–H and O–H groups in total. The van der Waals surface area contributed by atoms with E-state index in [0.717, 1.165) is 6.42 Å². The van der Waals surface area contributed by atoms with Crippen molar-refractivity contribution in [2.24, 2.45) is 17.6 Å². The number of hydrogen-bond acceptors (Lipinski definition) is 2. The van der Waals surface area contributed by atoms with Crippen molar-refractivity contribution in [1.82, 2.24) is 5.32 Å². The summed E-state index contributed by atoms with van der Waals surface area (Å²) in [7, 11) is 0. The highest BCUT2D eigenvalue weighted by Gasteiger charge is 2.41. The third kappa shape index (κ3) is 4.29. The van der Waals surface area contributed by atoms with Crippen molar-refractivity contribution in [3.05, 3.63) is 0 Å². The van der Waals surface area contributed by atoms with Crippen molar-refractivity contribution < 1.29 is 13.2 Å². The fourth-order valence-corrected chi connectivity index (χ4v) is 2.22. The highest BCUT2D eigenvalue weighted by Crippen LogP contribution is 2.39. The molecule has 2 nitrogen and oxygen atoms in total. The van der Waals surface area contributed by atoms with Gasteiger partial charge in [0.2, 0.25) is 0 Å². The van der Waals surface area contributed by atoms with Gasteiger partial charge in [-0.05, 0) is 38.6 Å². The van der Waals surface area contributed by atoms with Crippen LogP contribution < -0.4 is 11.1 Å². The van der Waals surface area contributed by atoms with Gasteiger partial charge in [-0.3, -0.25) is 0 Å². The van der Waals surface area contributed by atoms with Crippen molar-refractivity contribution >= 4 is 0 Å². The number of nitrogens with two attached hydrogens (primary N) is 1. The molecule has 3 unspecified atom stereocenters. The van der Waals surface area contributed by atoms with E-state index in [0.29, 0.717) is 25.9 Å². The van der Waals surface area contributed by atoms with Gasteiger partial charge in [-0.15, -0.1) is 0 Å². The monoisotopic (exact) mass is 238 g/mol. The van der Waals surface area contributed by atoms with E-state index in [2.05, 4.69) is 5.32 Å². The standard InChI is InChI=1S/C11H21F3N2/c1-8(6-15)16-7-9-3-2-4-10(5-9)11(12,13)14/h8-10,16H,2-7,15H2,1H3. The zero-order valence-corrected chi connectivity index (χ0v) is 9.69. The third-order valence-electron chi connectivity index (χ3n) is 3.35. The Morgan fingerprint density at radius 1 is 1.38 bits per heavy atom. The van der Waals surface area contributed by atoms with E-state index in [4.69, 9.17) is 5.73 Å². The summed E-state index contributed by atoms with van der Waals surface area (Å²) in [5.41, 5.74) is 5.44. The molecule has 0 aliphatic heterocycles. The molecule has 0 amide bonds. The summed E-state index contributed by atoms with van der Waals surface area (Å²) in [5, 5.41) is 3.18. The first kappa shape index (κ1) is 13.8. The lowest BCUT2D eigenvalue weighted by Crippen LogP contribution is -2.39. The Morgan fingerprint density at radius 2 is 2.06 bits per heavy atom. The van der Waals surface area contributed by atoms with E-state index in [9.17, 15) is 13.2 Å². The van der Waals surface area contributed by atoms with Crippen molar-refractivity contribution in [2.75, 3.05) is 13.1 Å². The first-order chi connectivity index (χ1) is 7.43. The van der Waals surface area contributed by atoms with Crippen LogP contribution in [0, 0.1) is 11.8 Å². The molecule has 16 heavy (non-hydrogen) atoms. The second-order valence-corrected chi connectivity index (χ2v) is 4.82. The largest absolute Gasteiger partial charge is 0.391 e. The van der Waals surface area contributed by atoms with E-state index >= 15 is 0 Å². The highest BCUT2D eigenvalue weighted by molar-refractivity contribution is 4.79. The van der Waals surface area contributed by atoms with Gasteiger partial charge < -0.3 is 11.1 Å². The number of halogens is 3. The second-order valence-electron chi connectivity index (χ2n) is 4.82. The van der Waals surface area contributed by atoms with Crippen LogP contribution in [0.3, 0.4) is 0 Å². The maximum Gasteiger partial charge on any atom is 0.391 e. The van der Waals surface area contributed by atoms with E-state index in [1.54, 1.807) is 0 Å². The molecule has 1 rings (SSSR count). The first-order valence-corrected chi connectivity index (χ1v) is 5.93. The van der Waals surface area contributed by atoms with Crippen LogP contribution in [0.25, 0.3) is 0 Å². The van der Waals surface area contributed by atoms with E-state index in [1.165, 1.54) is 0 Å². The molecule has 1 saturated carbocycles. The van der Waals surface area contributed by atoms with E-state index < -0.39 is 12.1 Å². The van der Waals surface area contributed by atoms with Crippen LogP contribution in [0.4, 0.5) is 13.2 Å². The van der Waals surface area contributed by atoms with Gasteiger partial charge in [0.05, 0.1) is 5.92 Å². The summed E-state index contributed by atoms with van der Waals surface area (Å²) in [6.45, 7) is 3.13. The molecule has 0 radical (unpaired) electrons. The Labute approximate surface area is 94.8 Å². The molecule has 0 saturated heterocycles. The Balaban J connectivity index is 2.33. The van der Waals surface area contributed by atoms with Crippen LogP contribution in [0.2, 0.25) is 0 Å². The molecule has 1 fully saturated rings. The average Bonchev–Trinajstić information content (AvgIpc) is 2.25. The molecule has 0 aromatic carbocycles. The zero-order chi connectivity index (χ0) is 12.2. The molecule has 96 valence electrons. The topological polar surface area (TPSA) is 38.0 Å². The van der Waals surface area contributed by atoms with Gasteiger partial charge in [-0.2, -0.15) is 13.2 Å². The minimum atomic E-state index is -4.02. The maximum atomic E-state index is 12.5. The summed E-state index contributed by atoms with van der Waals surface area (Å²) in [6, 6.07) is 0.186. The molecular weight excluding hydrogens is 217 g/mol. The molecule has 0 aromatic heterocycles. The minimum absolute atomic E-state index is 0.148. The van der Waals surface area contributed by atoms with Gasteiger partial charge in [-0.25, -0.2) is 0 Å². The van der Waals surface area contributed by atoms with Crippen molar-refractivity contribution in [1.29, 1.82) is 0 Å². The fraction of sp³-hybridized carbons (Fsp3) is 1.00. The molecule has 0 spiro atoms. The van der Waals surface area contributed by atoms with Crippen LogP contribution in [0.5, 0.6) is 0 Å². The number of hydrogen-bond donors (Lipinski definition) is 2. The van der Waals surface area contributed by atoms with Crippen LogP contribution in [0.15, 0.2) is 0 Å². The second kappa shape index (κ2) is 5.87. The molecule has 1 aliphatic rings. The quantitative estimate of drug-likeness (QED) is 0.788. The molecule has 3 atom stereocenters. The molecule has 1 aliphatic carbocycles. The van der Waals surface area contributed by atoms with Crippen LogP contribution in [-0.2, 0) is 0 Å². The first-order valence-electron chi connectivity index (χ1n) is 5.93. The fourth-order valence-electron chi connectivity index (χ4n) is 2.22. The van der Waals surface area contributed by atoms with Gasteiger partial charge in [0.25, 0.3) is 0 Å². The molecule has 0 heterocycles. The van der Waals surface area contributed by atoms with Crippen LogP contribution >= 0.6 is 0 Å². The van der Waals surface area contributed by atoms with Crippen molar-refractivity contribution in [3.63, 3.8) is 0 Å². The predicted octanol–water partition coefficient (Wildman–Crippen LogP) is 2.29.